The van der Waals surface area contributed by atoms with Crippen LogP contribution in [0.25, 0.3) is 0 Å². The summed E-state index contributed by atoms with van der Waals surface area (Å²) in [5, 5.41) is 8.82. The third kappa shape index (κ3) is 3.31. The highest BCUT2D eigenvalue weighted by molar-refractivity contribution is 9.10. The van der Waals surface area contributed by atoms with Crippen LogP contribution in [0.4, 0.5) is 11.4 Å². The van der Waals surface area contributed by atoms with Crippen molar-refractivity contribution in [3.8, 4) is 6.07 Å². The summed E-state index contributed by atoms with van der Waals surface area (Å²) in [6, 6.07) is 16.1. The molecule has 0 aromatic heterocycles. The number of hydrogen-bond acceptors (Lipinski definition) is 3. The van der Waals surface area contributed by atoms with Gasteiger partial charge in [0.1, 0.15) is 0 Å². The molecule has 0 atom stereocenters. The second kappa shape index (κ2) is 6.44. The molecule has 3 nitrogen and oxygen atoms in total. The zero-order valence-corrected chi connectivity index (χ0v) is 12.9. The fraction of sp³-hybridized carbons (Fsp3) is 0.188. The Balaban J connectivity index is 2.21. The number of anilines is 2. The molecule has 0 heterocycles. The number of halogens is 1. The minimum Gasteiger partial charge on any atom is -0.398 e. The Morgan fingerprint density at radius 3 is 2.65 bits per heavy atom. The maximum absolute atomic E-state index is 8.82. The Morgan fingerprint density at radius 2 is 1.95 bits per heavy atom. The van der Waals surface area contributed by atoms with Crippen LogP contribution in [0.2, 0.25) is 0 Å². The zero-order chi connectivity index (χ0) is 14.5. The highest BCUT2D eigenvalue weighted by atomic mass is 79.9. The van der Waals surface area contributed by atoms with Crippen LogP contribution in [0.1, 0.15) is 11.1 Å². The Hall–Kier alpha value is -1.99. The fourth-order valence-corrected chi connectivity index (χ4v) is 2.45. The number of nitrogens with zero attached hydrogens (tertiary/aromatic N) is 2. The minimum absolute atomic E-state index is 0.336. The van der Waals surface area contributed by atoms with E-state index in [2.05, 4.69) is 33.0 Å². The first-order valence-corrected chi connectivity index (χ1v) is 7.11. The molecule has 102 valence electrons. The molecule has 2 aromatic rings. The number of nitrogens with two attached hydrogens (primary N) is 1. The van der Waals surface area contributed by atoms with E-state index in [0.717, 1.165) is 22.3 Å². The van der Waals surface area contributed by atoms with Crippen LogP contribution in [0.5, 0.6) is 0 Å². The summed E-state index contributed by atoms with van der Waals surface area (Å²) in [4.78, 5) is 2.14. The molecule has 0 aliphatic carbocycles. The predicted molar refractivity (Wildman–Crippen MR) is 86.4 cm³/mol. The molecule has 4 heteroatoms. The molecule has 0 aliphatic rings. The van der Waals surface area contributed by atoms with Gasteiger partial charge in [0.25, 0.3) is 0 Å². The molecule has 0 amide bonds. The van der Waals surface area contributed by atoms with Gasteiger partial charge in [0.15, 0.2) is 0 Å². The van der Waals surface area contributed by atoms with Crippen molar-refractivity contribution in [3.63, 3.8) is 0 Å². The van der Waals surface area contributed by atoms with E-state index in [1.54, 1.807) is 0 Å². The SMILES string of the molecule is CN(Cc1ccccc1Br)c1ccc(N)c(CC#N)c1. The Bertz CT molecular complexity index is 646. The second-order valence-electron chi connectivity index (χ2n) is 4.67. The van der Waals surface area contributed by atoms with Crippen molar-refractivity contribution in [1.29, 1.82) is 5.26 Å². The van der Waals surface area contributed by atoms with Crippen molar-refractivity contribution in [1.82, 2.24) is 0 Å². The molecule has 2 N–H and O–H groups in total. The Morgan fingerprint density at radius 1 is 1.20 bits per heavy atom. The molecule has 2 aromatic carbocycles. The molecule has 0 saturated heterocycles. The number of hydrogen-bond donors (Lipinski definition) is 1. The minimum atomic E-state index is 0.336. The third-order valence-corrected chi connectivity index (χ3v) is 3.98. The molecule has 0 spiro atoms. The van der Waals surface area contributed by atoms with Crippen LogP contribution in [-0.2, 0) is 13.0 Å². The van der Waals surface area contributed by atoms with Crippen molar-refractivity contribution >= 4 is 27.3 Å². The largest absolute Gasteiger partial charge is 0.398 e. The lowest BCUT2D eigenvalue weighted by Crippen LogP contribution is -2.17. The van der Waals surface area contributed by atoms with Gasteiger partial charge in [-0.2, -0.15) is 5.26 Å². The number of rotatable bonds is 4. The lowest BCUT2D eigenvalue weighted by molar-refractivity contribution is 0.917. The van der Waals surface area contributed by atoms with E-state index >= 15 is 0 Å². The smallest absolute Gasteiger partial charge is 0.0670 e. The van der Waals surface area contributed by atoms with Gasteiger partial charge in [-0.1, -0.05) is 34.1 Å². The Kier molecular flexibility index (Phi) is 4.65. The van der Waals surface area contributed by atoms with Crippen molar-refractivity contribution in [2.24, 2.45) is 0 Å². The molecule has 0 radical (unpaired) electrons. The van der Waals surface area contributed by atoms with Gasteiger partial charge in [-0.05, 0) is 35.4 Å². The number of benzene rings is 2. The highest BCUT2D eigenvalue weighted by Crippen LogP contribution is 2.24. The molecule has 0 saturated carbocycles. The van der Waals surface area contributed by atoms with Crippen molar-refractivity contribution in [2.75, 3.05) is 17.7 Å². The number of nitrogen functional groups attached to an aromatic ring is 1. The van der Waals surface area contributed by atoms with Crippen LogP contribution >= 0.6 is 15.9 Å². The van der Waals surface area contributed by atoms with Crippen LogP contribution < -0.4 is 10.6 Å². The molecule has 20 heavy (non-hydrogen) atoms. The zero-order valence-electron chi connectivity index (χ0n) is 11.3. The molecular formula is C16H16BrN3. The topological polar surface area (TPSA) is 53.0 Å². The summed E-state index contributed by atoms with van der Waals surface area (Å²) in [6.45, 7) is 0.789. The average Bonchev–Trinajstić information content (AvgIpc) is 2.44. The summed E-state index contributed by atoms with van der Waals surface area (Å²) in [6.07, 6.45) is 0.336. The first-order chi connectivity index (χ1) is 9.61. The van der Waals surface area contributed by atoms with Gasteiger partial charge in [0.2, 0.25) is 0 Å². The molecule has 2 rings (SSSR count). The van der Waals surface area contributed by atoms with Gasteiger partial charge in [0.05, 0.1) is 12.5 Å². The van der Waals surface area contributed by atoms with Crippen LogP contribution in [0, 0.1) is 11.3 Å². The average molecular weight is 330 g/mol. The van der Waals surface area contributed by atoms with E-state index in [1.807, 2.05) is 43.4 Å². The summed E-state index contributed by atoms with van der Waals surface area (Å²) in [5.41, 5.74) is 9.70. The Labute approximate surface area is 127 Å². The van der Waals surface area contributed by atoms with Crippen molar-refractivity contribution < 1.29 is 0 Å². The number of nitriles is 1. The van der Waals surface area contributed by atoms with Crippen LogP contribution in [0.3, 0.4) is 0 Å². The van der Waals surface area contributed by atoms with E-state index in [9.17, 15) is 0 Å². The van der Waals surface area contributed by atoms with E-state index in [-0.39, 0.29) is 0 Å². The van der Waals surface area contributed by atoms with Gasteiger partial charge >= 0.3 is 0 Å². The monoisotopic (exact) mass is 329 g/mol. The standard InChI is InChI=1S/C16H16BrN3/c1-20(11-13-4-2-3-5-15(13)17)14-6-7-16(19)12(10-14)8-9-18/h2-7,10H,8,11,19H2,1H3. The predicted octanol–water partition coefficient (Wildman–Crippen LogP) is 3.73. The third-order valence-electron chi connectivity index (χ3n) is 3.20. The summed E-state index contributed by atoms with van der Waals surface area (Å²) in [7, 11) is 2.03. The van der Waals surface area contributed by atoms with Gasteiger partial charge in [-0.15, -0.1) is 0 Å². The van der Waals surface area contributed by atoms with Gasteiger partial charge in [-0.3, -0.25) is 0 Å². The lowest BCUT2D eigenvalue weighted by Gasteiger charge is -2.21. The normalized spacial score (nSPS) is 10.1. The summed E-state index contributed by atoms with van der Waals surface area (Å²) < 4.78 is 1.10. The first kappa shape index (κ1) is 14.4. The maximum atomic E-state index is 8.82. The lowest BCUT2D eigenvalue weighted by atomic mass is 10.1. The van der Waals surface area contributed by atoms with E-state index < -0.39 is 0 Å². The van der Waals surface area contributed by atoms with Crippen molar-refractivity contribution in [3.05, 3.63) is 58.1 Å². The maximum Gasteiger partial charge on any atom is 0.0670 e. The van der Waals surface area contributed by atoms with Crippen molar-refractivity contribution in [2.45, 2.75) is 13.0 Å². The fourth-order valence-electron chi connectivity index (χ4n) is 2.04. The van der Waals surface area contributed by atoms with E-state index in [4.69, 9.17) is 11.0 Å². The quantitative estimate of drug-likeness (QED) is 0.869. The summed E-state index contributed by atoms with van der Waals surface area (Å²) in [5.74, 6) is 0. The first-order valence-electron chi connectivity index (χ1n) is 6.31. The highest BCUT2D eigenvalue weighted by Gasteiger charge is 2.07. The molecule has 0 fully saturated rings. The van der Waals surface area contributed by atoms with Gasteiger partial charge in [0, 0.05) is 29.4 Å². The van der Waals surface area contributed by atoms with Crippen LogP contribution in [0.15, 0.2) is 46.9 Å². The molecule has 0 aliphatic heterocycles. The van der Waals surface area contributed by atoms with Crippen LogP contribution in [-0.4, -0.2) is 7.05 Å². The molecule has 0 unspecified atom stereocenters. The molecular weight excluding hydrogens is 314 g/mol. The van der Waals surface area contributed by atoms with E-state index in [1.165, 1.54) is 5.56 Å². The molecule has 0 bridgehead atoms. The van der Waals surface area contributed by atoms with E-state index in [0.29, 0.717) is 12.1 Å². The second-order valence-corrected chi connectivity index (χ2v) is 5.52. The summed E-state index contributed by atoms with van der Waals surface area (Å²) >= 11 is 3.56. The van der Waals surface area contributed by atoms with Gasteiger partial charge < -0.3 is 10.6 Å². The van der Waals surface area contributed by atoms with Gasteiger partial charge in [-0.25, -0.2) is 0 Å².